The average molecular weight is 388 g/mol. The van der Waals surface area contributed by atoms with Crippen molar-refractivity contribution in [3.8, 4) is 11.5 Å². The van der Waals surface area contributed by atoms with Crippen LogP contribution in [0, 0.1) is 5.82 Å². The lowest BCUT2D eigenvalue weighted by Crippen LogP contribution is -2.37. The topological polar surface area (TPSA) is 34.2 Å². The third-order valence-electron chi connectivity index (χ3n) is 4.85. The van der Waals surface area contributed by atoms with E-state index in [1.165, 1.54) is 12.1 Å². The Morgan fingerprint density at radius 2 is 1.96 bits per heavy atom. The summed E-state index contributed by atoms with van der Waals surface area (Å²) in [7, 11) is 5.71. The second-order valence-corrected chi connectivity index (χ2v) is 7.25. The number of likely N-dealkylation sites (N-methyl/N-ethyl adjacent to an activating group) is 1. The van der Waals surface area contributed by atoms with Crippen LogP contribution in [0.3, 0.4) is 0 Å². The number of ether oxygens (including phenoxy) is 3. The van der Waals surface area contributed by atoms with Gasteiger partial charge in [-0.05, 0) is 37.9 Å². The molecule has 0 aromatic heterocycles. The van der Waals surface area contributed by atoms with Crippen LogP contribution in [0.25, 0.3) is 0 Å². The van der Waals surface area contributed by atoms with Crippen LogP contribution in [-0.4, -0.2) is 63.9 Å². The Morgan fingerprint density at radius 3 is 2.68 bits per heavy atom. The Balaban J connectivity index is 1.70. The summed E-state index contributed by atoms with van der Waals surface area (Å²) in [6, 6.07) is 12.6. The lowest BCUT2D eigenvalue weighted by molar-refractivity contribution is -0.0331. The summed E-state index contributed by atoms with van der Waals surface area (Å²) in [5.74, 6) is 1.32. The van der Waals surface area contributed by atoms with Crippen molar-refractivity contribution in [2.45, 2.75) is 12.6 Å². The monoisotopic (exact) mass is 388 g/mol. The number of methoxy groups -OCH3 is 1. The summed E-state index contributed by atoms with van der Waals surface area (Å²) in [6.45, 7) is 4.41. The molecule has 0 bridgehead atoms. The van der Waals surface area contributed by atoms with Crippen LogP contribution in [0.15, 0.2) is 42.5 Å². The minimum atomic E-state index is -0.229. The largest absolute Gasteiger partial charge is 0.493 e. The summed E-state index contributed by atoms with van der Waals surface area (Å²) >= 11 is 0. The van der Waals surface area contributed by atoms with Crippen molar-refractivity contribution in [3.63, 3.8) is 0 Å². The second kappa shape index (κ2) is 9.87. The Morgan fingerprint density at radius 1 is 1.18 bits per heavy atom. The van der Waals surface area contributed by atoms with Crippen LogP contribution in [0.2, 0.25) is 0 Å². The SMILES string of the molecule is COc1cccc(CN2CCOC(c3ccc(F)cc3)C2)c1OCCN(C)C. The van der Waals surface area contributed by atoms with E-state index in [4.69, 9.17) is 14.2 Å². The van der Waals surface area contributed by atoms with Gasteiger partial charge < -0.3 is 19.1 Å². The van der Waals surface area contributed by atoms with Crippen molar-refractivity contribution in [2.24, 2.45) is 0 Å². The van der Waals surface area contributed by atoms with Gasteiger partial charge in [0.2, 0.25) is 0 Å². The highest BCUT2D eigenvalue weighted by atomic mass is 19.1. The van der Waals surface area contributed by atoms with Gasteiger partial charge in [0.05, 0.1) is 19.8 Å². The molecule has 0 N–H and O–H groups in total. The van der Waals surface area contributed by atoms with Gasteiger partial charge in [0.1, 0.15) is 12.4 Å². The van der Waals surface area contributed by atoms with Gasteiger partial charge in [-0.15, -0.1) is 0 Å². The van der Waals surface area contributed by atoms with Crippen molar-refractivity contribution in [3.05, 3.63) is 59.4 Å². The zero-order valence-electron chi connectivity index (χ0n) is 16.9. The third-order valence-corrected chi connectivity index (χ3v) is 4.85. The van der Waals surface area contributed by atoms with Gasteiger partial charge in [-0.3, -0.25) is 4.90 Å². The molecule has 152 valence electrons. The smallest absolute Gasteiger partial charge is 0.165 e. The van der Waals surface area contributed by atoms with Gasteiger partial charge >= 0.3 is 0 Å². The molecule has 28 heavy (non-hydrogen) atoms. The number of hydrogen-bond acceptors (Lipinski definition) is 5. The van der Waals surface area contributed by atoms with E-state index >= 15 is 0 Å². The fraction of sp³-hybridized carbons (Fsp3) is 0.455. The van der Waals surface area contributed by atoms with Crippen molar-refractivity contribution in [2.75, 3.05) is 54.1 Å². The Labute approximate surface area is 166 Å². The number of benzene rings is 2. The molecule has 1 aliphatic heterocycles. The van der Waals surface area contributed by atoms with E-state index in [1.807, 2.05) is 26.2 Å². The number of nitrogens with zero attached hydrogens (tertiary/aromatic N) is 2. The maximum Gasteiger partial charge on any atom is 0.165 e. The predicted octanol–water partition coefficient (Wildman–Crippen LogP) is 3.35. The molecule has 0 aliphatic carbocycles. The van der Waals surface area contributed by atoms with E-state index < -0.39 is 0 Å². The fourth-order valence-corrected chi connectivity index (χ4v) is 3.31. The number of hydrogen-bond donors (Lipinski definition) is 0. The minimum Gasteiger partial charge on any atom is -0.493 e. The molecular weight excluding hydrogens is 359 g/mol. The summed E-state index contributed by atoms with van der Waals surface area (Å²) in [6.07, 6.45) is -0.0573. The van der Waals surface area contributed by atoms with Crippen molar-refractivity contribution in [1.29, 1.82) is 0 Å². The van der Waals surface area contributed by atoms with E-state index in [0.29, 0.717) is 13.2 Å². The number of para-hydroxylation sites is 1. The quantitative estimate of drug-likeness (QED) is 0.693. The zero-order chi connectivity index (χ0) is 19.9. The molecule has 1 unspecified atom stereocenters. The predicted molar refractivity (Wildman–Crippen MR) is 107 cm³/mol. The highest BCUT2D eigenvalue weighted by Crippen LogP contribution is 2.33. The standard InChI is InChI=1S/C22H29FN2O3/c1-24(2)11-13-28-22-18(5-4-6-20(22)26-3)15-25-12-14-27-21(16-25)17-7-9-19(23)10-8-17/h4-10,21H,11-16H2,1-3H3. The van der Waals surface area contributed by atoms with Gasteiger partial charge in [-0.1, -0.05) is 24.3 Å². The van der Waals surface area contributed by atoms with Crippen molar-refractivity contribution >= 4 is 0 Å². The van der Waals surface area contributed by atoms with Crippen LogP contribution < -0.4 is 9.47 Å². The molecule has 1 fully saturated rings. The molecule has 0 radical (unpaired) electrons. The van der Waals surface area contributed by atoms with E-state index in [0.717, 1.165) is 48.8 Å². The summed E-state index contributed by atoms with van der Waals surface area (Å²) < 4.78 is 30.7. The Kier molecular flexibility index (Phi) is 7.25. The molecule has 0 amide bonds. The molecule has 3 rings (SSSR count). The summed E-state index contributed by atoms with van der Waals surface area (Å²) in [5, 5.41) is 0. The number of morpholine rings is 1. The highest BCUT2D eigenvalue weighted by molar-refractivity contribution is 5.46. The molecule has 0 saturated carbocycles. The first kappa shape index (κ1) is 20.6. The fourth-order valence-electron chi connectivity index (χ4n) is 3.31. The highest BCUT2D eigenvalue weighted by Gasteiger charge is 2.23. The van der Waals surface area contributed by atoms with E-state index in [9.17, 15) is 4.39 Å². The maximum atomic E-state index is 13.2. The van der Waals surface area contributed by atoms with Gasteiger partial charge in [0.25, 0.3) is 0 Å². The van der Waals surface area contributed by atoms with Crippen LogP contribution in [0.4, 0.5) is 4.39 Å². The maximum absolute atomic E-state index is 13.2. The Bertz CT molecular complexity index is 752. The van der Waals surface area contributed by atoms with Gasteiger partial charge in [0.15, 0.2) is 11.5 Å². The number of halogens is 1. The van der Waals surface area contributed by atoms with Crippen molar-refractivity contribution in [1.82, 2.24) is 9.80 Å². The Hall–Kier alpha value is -2.15. The van der Waals surface area contributed by atoms with Gasteiger partial charge in [-0.2, -0.15) is 0 Å². The zero-order valence-corrected chi connectivity index (χ0v) is 16.9. The van der Waals surface area contributed by atoms with E-state index in [-0.39, 0.29) is 11.9 Å². The lowest BCUT2D eigenvalue weighted by Gasteiger charge is -2.33. The van der Waals surface area contributed by atoms with E-state index in [2.05, 4.69) is 15.9 Å². The van der Waals surface area contributed by atoms with Gasteiger partial charge in [-0.25, -0.2) is 4.39 Å². The minimum absolute atomic E-state index is 0.0573. The summed E-state index contributed by atoms with van der Waals surface area (Å²) in [5.41, 5.74) is 2.09. The molecule has 2 aromatic carbocycles. The molecular formula is C22H29FN2O3. The molecule has 1 heterocycles. The van der Waals surface area contributed by atoms with Crippen LogP contribution in [0.5, 0.6) is 11.5 Å². The molecule has 6 heteroatoms. The van der Waals surface area contributed by atoms with Crippen LogP contribution >= 0.6 is 0 Å². The summed E-state index contributed by atoms with van der Waals surface area (Å²) in [4.78, 5) is 4.43. The first-order valence-electron chi connectivity index (χ1n) is 9.59. The first-order chi connectivity index (χ1) is 13.6. The van der Waals surface area contributed by atoms with E-state index in [1.54, 1.807) is 19.2 Å². The molecule has 5 nitrogen and oxygen atoms in total. The van der Waals surface area contributed by atoms with Gasteiger partial charge in [0, 0.05) is 31.7 Å². The van der Waals surface area contributed by atoms with Crippen LogP contribution in [-0.2, 0) is 11.3 Å². The lowest BCUT2D eigenvalue weighted by atomic mass is 10.1. The molecule has 1 atom stereocenters. The first-order valence-corrected chi connectivity index (χ1v) is 9.59. The second-order valence-electron chi connectivity index (χ2n) is 7.25. The van der Waals surface area contributed by atoms with Crippen molar-refractivity contribution < 1.29 is 18.6 Å². The normalized spacial score (nSPS) is 17.7. The van der Waals surface area contributed by atoms with Crippen LogP contribution in [0.1, 0.15) is 17.2 Å². The third kappa shape index (κ3) is 5.44. The molecule has 1 saturated heterocycles. The average Bonchev–Trinajstić information content (AvgIpc) is 2.69. The molecule has 1 aliphatic rings. The molecule has 0 spiro atoms. The molecule has 2 aromatic rings. The number of rotatable bonds is 8.